The summed E-state index contributed by atoms with van der Waals surface area (Å²) in [5.74, 6) is -0.00629. The third-order valence-electron chi connectivity index (χ3n) is 1.49. The number of hydrogen-bond acceptors (Lipinski definition) is 3. The Bertz CT molecular complexity index is 300. The van der Waals surface area contributed by atoms with Crippen molar-refractivity contribution in [1.29, 1.82) is 0 Å². The van der Waals surface area contributed by atoms with E-state index in [2.05, 4.69) is 5.32 Å². The minimum Gasteiger partial charge on any atom is -0.325 e. The Morgan fingerprint density at radius 1 is 1.38 bits per heavy atom. The van der Waals surface area contributed by atoms with Crippen LogP contribution < -0.4 is 5.32 Å². The molecule has 0 aromatic carbocycles. The predicted octanol–water partition coefficient (Wildman–Crippen LogP) is 1.84. The SMILES string of the molecule is CC(=O)Cc1cscc1NC(C)=O. The Balaban J connectivity index is 2.76. The van der Waals surface area contributed by atoms with Gasteiger partial charge >= 0.3 is 0 Å². The van der Waals surface area contributed by atoms with Gasteiger partial charge in [0.1, 0.15) is 5.78 Å². The van der Waals surface area contributed by atoms with Crippen molar-refractivity contribution in [2.45, 2.75) is 20.3 Å². The molecule has 0 saturated carbocycles. The van der Waals surface area contributed by atoms with Crippen LogP contribution in [0.4, 0.5) is 5.69 Å². The quantitative estimate of drug-likeness (QED) is 0.803. The van der Waals surface area contributed by atoms with Crippen LogP contribution in [0.2, 0.25) is 0 Å². The molecule has 1 N–H and O–H groups in total. The molecule has 0 radical (unpaired) electrons. The zero-order valence-corrected chi connectivity index (χ0v) is 8.40. The highest BCUT2D eigenvalue weighted by molar-refractivity contribution is 7.08. The van der Waals surface area contributed by atoms with E-state index in [4.69, 9.17) is 0 Å². The first-order valence-electron chi connectivity index (χ1n) is 3.91. The lowest BCUT2D eigenvalue weighted by molar-refractivity contribution is -0.116. The van der Waals surface area contributed by atoms with Crippen molar-refractivity contribution in [1.82, 2.24) is 0 Å². The van der Waals surface area contributed by atoms with Crippen molar-refractivity contribution in [3.63, 3.8) is 0 Å². The molecule has 3 nitrogen and oxygen atoms in total. The van der Waals surface area contributed by atoms with E-state index < -0.39 is 0 Å². The summed E-state index contributed by atoms with van der Waals surface area (Å²) in [7, 11) is 0. The summed E-state index contributed by atoms with van der Waals surface area (Å²) in [5.41, 5.74) is 1.65. The summed E-state index contributed by atoms with van der Waals surface area (Å²) >= 11 is 1.48. The normalized spacial score (nSPS) is 9.69. The highest BCUT2D eigenvalue weighted by atomic mass is 32.1. The molecular formula is C9H11NO2S. The monoisotopic (exact) mass is 197 g/mol. The van der Waals surface area contributed by atoms with Crippen LogP contribution >= 0.6 is 11.3 Å². The zero-order chi connectivity index (χ0) is 9.84. The minimum absolute atomic E-state index is 0.102. The van der Waals surface area contributed by atoms with Crippen molar-refractivity contribution in [2.75, 3.05) is 5.32 Å². The van der Waals surface area contributed by atoms with E-state index in [1.165, 1.54) is 25.2 Å². The number of carbonyl (C=O) groups excluding carboxylic acids is 2. The molecule has 0 atom stereocenters. The zero-order valence-electron chi connectivity index (χ0n) is 7.59. The molecular weight excluding hydrogens is 186 g/mol. The number of anilines is 1. The van der Waals surface area contributed by atoms with Crippen LogP contribution in [0.1, 0.15) is 19.4 Å². The van der Waals surface area contributed by atoms with Crippen LogP contribution in [-0.4, -0.2) is 11.7 Å². The molecule has 0 aliphatic carbocycles. The number of hydrogen-bond donors (Lipinski definition) is 1. The molecule has 13 heavy (non-hydrogen) atoms. The largest absolute Gasteiger partial charge is 0.325 e. The van der Waals surface area contributed by atoms with Gasteiger partial charge in [0.15, 0.2) is 0 Å². The third kappa shape index (κ3) is 2.99. The number of carbonyl (C=O) groups is 2. The molecule has 0 aliphatic heterocycles. The Hall–Kier alpha value is -1.16. The maximum absolute atomic E-state index is 10.8. The first kappa shape index (κ1) is 9.92. The van der Waals surface area contributed by atoms with Gasteiger partial charge in [0, 0.05) is 18.7 Å². The van der Waals surface area contributed by atoms with Gasteiger partial charge in [-0.1, -0.05) is 0 Å². The van der Waals surface area contributed by atoms with Gasteiger partial charge in [0.05, 0.1) is 5.69 Å². The molecule has 0 unspecified atom stereocenters. The lowest BCUT2D eigenvalue weighted by atomic mass is 10.1. The number of Topliss-reactive ketones (excluding diaryl/α,β-unsaturated/α-hetero) is 1. The van der Waals surface area contributed by atoms with Crippen molar-refractivity contribution in [3.05, 3.63) is 16.3 Å². The van der Waals surface area contributed by atoms with Gasteiger partial charge in [-0.15, -0.1) is 11.3 Å². The molecule has 1 amide bonds. The van der Waals surface area contributed by atoms with Crippen LogP contribution in [0.15, 0.2) is 10.8 Å². The van der Waals surface area contributed by atoms with Crippen molar-refractivity contribution < 1.29 is 9.59 Å². The second-order valence-corrected chi connectivity index (χ2v) is 3.61. The van der Waals surface area contributed by atoms with E-state index >= 15 is 0 Å². The third-order valence-corrected chi connectivity index (χ3v) is 2.28. The highest BCUT2D eigenvalue weighted by Crippen LogP contribution is 2.21. The topological polar surface area (TPSA) is 46.2 Å². The smallest absolute Gasteiger partial charge is 0.221 e. The molecule has 1 aromatic heterocycles. The summed E-state index contributed by atoms with van der Waals surface area (Å²) in [5, 5.41) is 6.39. The van der Waals surface area contributed by atoms with Crippen LogP contribution in [0.3, 0.4) is 0 Å². The van der Waals surface area contributed by atoms with E-state index in [0.29, 0.717) is 6.42 Å². The van der Waals surface area contributed by atoms with Gasteiger partial charge < -0.3 is 5.32 Å². The molecule has 70 valence electrons. The van der Waals surface area contributed by atoms with Gasteiger partial charge in [-0.25, -0.2) is 0 Å². The molecule has 0 bridgehead atoms. The fraction of sp³-hybridized carbons (Fsp3) is 0.333. The van der Waals surface area contributed by atoms with E-state index in [-0.39, 0.29) is 11.7 Å². The van der Waals surface area contributed by atoms with Crippen LogP contribution in [0.25, 0.3) is 0 Å². The van der Waals surface area contributed by atoms with E-state index in [0.717, 1.165) is 11.3 Å². The number of thiophene rings is 1. The molecule has 0 saturated heterocycles. The fourth-order valence-electron chi connectivity index (χ4n) is 1.03. The molecule has 0 aliphatic rings. The summed E-state index contributed by atoms with van der Waals surface area (Å²) < 4.78 is 0. The second kappa shape index (κ2) is 4.18. The highest BCUT2D eigenvalue weighted by Gasteiger charge is 2.06. The average Bonchev–Trinajstić information content (AvgIpc) is 2.34. The Kier molecular flexibility index (Phi) is 3.19. The van der Waals surface area contributed by atoms with Gasteiger partial charge in [-0.3, -0.25) is 9.59 Å². The molecule has 4 heteroatoms. The van der Waals surface area contributed by atoms with E-state index in [1.807, 2.05) is 10.8 Å². The van der Waals surface area contributed by atoms with E-state index in [1.54, 1.807) is 0 Å². The number of nitrogens with one attached hydrogen (secondary N) is 1. The van der Waals surface area contributed by atoms with Crippen LogP contribution in [-0.2, 0) is 16.0 Å². The van der Waals surface area contributed by atoms with Gasteiger partial charge in [0.25, 0.3) is 0 Å². The molecule has 1 heterocycles. The van der Waals surface area contributed by atoms with Crippen LogP contribution in [0.5, 0.6) is 0 Å². The fourth-order valence-corrected chi connectivity index (χ4v) is 1.82. The molecule has 1 rings (SSSR count). The first-order chi connectivity index (χ1) is 6.09. The molecule has 0 fully saturated rings. The lowest BCUT2D eigenvalue weighted by Crippen LogP contribution is -2.07. The Morgan fingerprint density at radius 2 is 2.08 bits per heavy atom. The summed E-state index contributed by atoms with van der Waals surface area (Å²) in [4.78, 5) is 21.6. The number of amides is 1. The summed E-state index contributed by atoms with van der Waals surface area (Å²) in [6.45, 7) is 2.99. The van der Waals surface area contributed by atoms with Gasteiger partial charge in [0.2, 0.25) is 5.91 Å². The molecule has 0 spiro atoms. The average molecular weight is 197 g/mol. The van der Waals surface area contributed by atoms with E-state index in [9.17, 15) is 9.59 Å². The van der Waals surface area contributed by atoms with Gasteiger partial charge in [-0.05, 0) is 17.9 Å². The summed E-state index contributed by atoms with van der Waals surface area (Å²) in [6.07, 6.45) is 0.388. The van der Waals surface area contributed by atoms with Crippen LogP contribution in [0, 0.1) is 0 Å². The predicted molar refractivity (Wildman–Crippen MR) is 53.0 cm³/mol. The number of rotatable bonds is 3. The number of ketones is 1. The van der Waals surface area contributed by atoms with Crippen molar-refractivity contribution >= 4 is 28.7 Å². The Morgan fingerprint density at radius 3 is 2.62 bits per heavy atom. The summed E-state index contributed by atoms with van der Waals surface area (Å²) in [6, 6.07) is 0. The molecule has 1 aromatic rings. The standard InChI is InChI=1S/C9H11NO2S/c1-6(11)3-8-4-13-5-9(8)10-7(2)12/h4-5H,3H2,1-2H3,(H,10,12). The first-order valence-corrected chi connectivity index (χ1v) is 4.86. The lowest BCUT2D eigenvalue weighted by Gasteiger charge is -2.01. The van der Waals surface area contributed by atoms with Crippen molar-refractivity contribution in [2.24, 2.45) is 0 Å². The maximum Gasteiger partial charge on any atom is 0.221 e. The minimum atomic E-state index is -0.108. The maximum atomic E-state index is 10.8. The van der Waals surface area contributed by atoms with Crippen molar-refractivity contribution in [3.8, 4) is 0 Å². The second-order valence-electron chi connectivity index (χ2n) is 2.87. The van der Waals surface area contributed by atoms with Gasteiger partial charge in [-0.2, -0.15) is 0 Å². The Labute approximate surface area is 80.8 Å².